The highest BCUT2D eigenvalue weighted by Crippen LogP contribution is 2.39. The summed E-state index contributed by atoms with van der Waals surface area (Å²) in [6, 6.07) is 19.8. The second-order valence-electron chi connectivity index (χ2n) is 10.8. The molecular formula is C31H30F2N8O3S. The lowest BCUT2D eigenvalue weighted by Crippen LogP contribution is -2.46. The average molecular weight is 633 g/mol. The lowest BCUT2D eigenvalue weighted by Gasteiger charge is -2.37. The molecule has 0 radical (unpaired) electrons. The van der Waals surface area contributed by atoms with Crippen LogP contribution in [-0.2, 0) is 21.8 Å². The highest BCUT2D eigenvalue weighted by Gasteiger charge is 2.46. The summed E-state index contributed by atoms with van der Waals surface area (Å²) in [5, 5.41) is 10.3. The van der Waals surface area contributed by atoms with Crippen LogP contribution >= 0.6 is 11.8 Å². The van der Waals surface area contributed by atoms with Crippen molar-refractivity contribution in [2.24, 2.45) is 0 Å². The molecule has 7 rings (SSSR count). The molecule has 2 saturated heterocycles. The fourth-order valence-electron chi connectivity index (χ4n) is 5.70. The quantitative estimate of drug-likeness (QED) is 0.243. The first-order valence-electron chi connectivity index (χ1n) is 14.5. The molecule has 4 heterocycles. The maximum Gasteiger partial charge on any atom is 0.347 e. The molecule has 2 aliphatic heterocycles. The van der Waals surface area contributed by atoms with Crippen LogP contribution in [0.3, 0.4) is 0 Å². The molecule has 0 aliphatic carbocycles. The molecule has 11 nitrogen and oxygen atoms in total. The predicted molar refractivity (Wildman–Crippen MR) is 165 cm³/mol. The molecule has 5 aromatic rings. The SMILES string of the molecule is O=c1[nH]ncn1-c1ccc(N2CCN(c3ccc(SCC4COC(Cn5cncn5)(c5ccc(F)cc5F)O4)cc3)CC2)cc1. The third-order valence-corrected chi connectivity index (χ3v) is 9.14. The second-order valence-corrected chi connectivity index (χ2v) is 11.9. The van der Waals surface area contributed by atoms with E-state index in [2.05, 4.69) is 54.3 Å². The Morgan fingerprint density at radius 1 is 0.911 bits per heavy atom. The maximum absolute atomic E-state index is 14.9. The van der Waals surface area contributed by atoms with E-state index in [4.69, 9.17) is 9.47 Å². The van der Waals surface area contributed by atoms with Crippen molar-refractivity contribution in [3.8, 4) is 5.69 Å². The number of nitrogens with one attached hydrogen (secondary N) is 1. The molecule has 0 amide bonds. The maximum atomic E-state index is 14.9. The zero-order valence-electron chi connectivity index (χ0n) is 24.1. The van der Waals surface area contributed by atoms with Gasteiger partial charge in [-0.25, -0.2) is 32.9 Å². The van der Waals surface area contributed by atoms with Gasteiger partial charge < -0.3 is 19.3 Å². The molecule has 45 heavy (non-hydrogen) atoms. The predicted octanol–water partition coefficient (Wildman–Crippen LogP) is 3.82. The number of hydrogen-bond acceptors (Lipinski definition) is 9. The van der Waals surface area contributed by atoms with Crippen molar-refractivity contribution in [3.63, 3.8) is 0 Å². The number of piperazine rings is 1. The van der Waals surface area contributed by atoms with Crippen molar-refractivity contribution >= 4 is 23.1 Å². The number of anilines is 2. The molecule has 0 saturated carbocycles. The summed E-state index contributed by atoms with van der Waals surface area (Å²) in [5.41, 5.74) is 2.91. The van der Waals surface area contributed by atoms with Crippen LogP contribution in [0.4, 0.5) is 20.2 Å². The van der Waals surface area contributed by atoms with E-state index >= 15 is 0 Å². The van der Waals surface area contributed by atoms with Crippen LogP contribution < -0.4 is 15.5 Å². The Kier molecular flexibility index (Phi) is 8.08. The van der Waals surface area contributed by atoms with Crippen LogP contribution in [0.1, 0.15) is 5.56 Å². The highest BCUT2D eigenvalue weighted by molar-refractivity contribution is 7.99. The molecule has 0 bridgehead atoms. The Morgan fingerprint density at radius 2 is 1.60 bits per heavy atom. The number of rotatable bonds is 9. The van der Waals surface area contributed by atoms with Crippen molar-refractivity contribution in [1.82, 2.24) is 29.5 Å². The zero-order valence-corrected chi connectivity index (χ0v) is 24.9. The number of benzene rings is 3. The summed E-state index contributed by atoms with van der Waals surface area (Å²) >= 11 is 1.63. The van der Waals surface area contributed by atoms with E-state index in [1.807, 2.05) is 24.3 Å². The first-order valence-corrected chi connectivity index (χ1v) is 15.5. The summed E-state index contributed by atoms with van der Waals surface area (Å²) in [6.07, 6.45) is 4.05. The molecule has 2 fully saturated rings. The minimum atomic E-state index is -1.44. The molecule has 2 unspecified atom stereocenters. The number of H-pyrrole nitrogens is 1. The molecular weight excluding hydrogens is 602 g/mol. The fraction of sp³-hybridized carbons (Fsp3) is 0.290. The smallest absolute Gasteiger partial charge is 0.347 e. The Bertz CT molecular complexity index is 1790. The zero-order chi connectivity index (χ0) is 30.8. The van der Waals surface area contributed by atoms with E-state index in [-0.39, 0.29) is 30.5 Å². The Morgan fingerprint density at radius 3 is 2.22 bits per heavy atom. The molecule has 0 spiro atoms. The van der Waals surface area contributed by atoms with Crippen LogP contribution in [0.15, 0.2) is 95.4 Å². The highest BCUT2D eigenvalue weighted by atomic mass is 32.2. The summed E-state index contributed by atoms with van der Waals surface area (Å²) in [5.74, 6) is -2.25. The van der Waals surface area contributed by atoms with E-state index in [1.165, 1.54) is 40.4 Å². The third kappa shape index (κ3) is 6.21. The topological polar surface area (TPSA) is 106 Å². The Hall–Kier alpha value is -4.53. The van der Waals surface area contributed by atoms with E-state index < -0.39 is 17.4 Å². The lowest BCUT2D eigenvalue weighted by atomic mass is 10.0. The molecule has 2 aromatic heterocycles. The van der Waals surface area contributed by atoms with Gasteiger partial charge in [0.05, 0.1) is 18.4 Å². The fourth-order valence-corrected chi connectivity index (χ4v) is 6.57. The van der Waals surface area contributed by atoms with Gasteiger partial charge in [0, 0.05) is 59.8 Å². The van der Waals surface area contributed by atoms with E-state index in [1.54, 1.807) is 11.8 Å². The standard InChI is InChI=1S/C31H30F2N8O3S/c32-22-1-10-28(29(33)15-22)31(18-40-20-34-19-36-40)43-16-26(44-31)17-45-27-8-6-24(7-9-27)39-13-11-38(12-14-39)23-2-4-25(5-3-23)41-21-35-37-30(41)42/h1-10,15,19-21,26H,11-14,16-18H2,(H,37,42). The van der Waals surface area contributed by atoms with Crippen molar-refractivity contribution in [1.29, 1.82) is 0 Å². The number of aromatic nitrogens is 6. The minimum Gasteiger partial charge on any atom is -0.368 e. The van der Waals surface area contributed by atoms with Crippen LogP contribution in [0.25, 0.3) is 5.69 Å². The van der Waals surface area contributed by atoms with E-state index in [0.717, 1.165) is 54.2 Å². The van der Waals surface area contributed by atoms with Crippen LogP contribution in [0.2, 0.25) is 0 Å². The number of hydrogen-bond donors (Lipinski definition) is 1. The summed E-state index contributed by atoms with van der Waals surface area (Å²) in [4.78, 5) is 21.6. The number of aromatic amines is 1. The Balaban J connectivity index is 0.936. The average Bonchev–Trinajstić information content (AvgIpc) is 3.83. The first kappa shape index (κ1) is 29.2. The normalized spacial score (nSPS) is 20.2. The van der Waals surface area contributed by atoms with Gasteiger partial charge in [-0.3, -0.25) is 0 Å². The number of nitrogens with zero attached hydrogens (tertiary/aromatic N) is 7. The summed E-state index contributed by atoms with van der Waals surface area (Å²) in [7, 11) is 0. The van der Waals surface area contributed by atoms with E-state index in [0.29, 0.717) is 5.75 Å². The third-order valence-electron chi connectivity index (χ3n) is 8.00. The van der Waals surface area contributed by atoms with Crippen molar-refractivity contribution < 1.29 is 18.3 Å². The molecule has 1 N–H and O–H groups in total. The molecule has 2 aliphatic rings. The molecule has 2 atom stereocenters. The number of ether oxygens (including phenoxy) is 2. The van der Waals surface area contributed by atoms with Crippen LogP contribution in [-0.4, -0.2) is 74.2 Å². The summed E-state index contributed by atoms with van der Waals surface area (Å²) < 4.78 is 43.9. The summed E-state index contributed by atoms with van der Waals surface area (Å²) in [6.45, 7) is 3.87. The minimum absolute atomic E-state index is 0.0800. The van der Waals surface area contributed by atoms with Gasteiger partial charge in [-0.15, -0.1) is 11.8 Å². The van der Waals surface area contributed by atoms with Gasteiger partial charge in [0.2, 0.25) is 5.79 Å². The Labute approximate surface area is 261 Å². The number of thioether (sulfide) groups is 1. The van der Waals surface area contributed by atoms with Gasteiger partial charge in [0.15, 0.2) is 0 Å². The van der Waals surface area contributed by atoms with Gasteiger partial charge >= 0.3 is 5.69 Å². The van der Waals surface area contributed by atoms with Gasteiger partial charge in [0.25, 0.3) is 0 Å². The van der Waals surface area contributed by atoms with E-state index in [9.17, 15) is 13.6 Å². The first-order chi connectivity index (χ1) is 22.0. The van der Waals surface area contributed by atoms with Gasteiger partial charge in [0.1, 0.15) is 37.2 Å². The van der Waals surface area contributed by atoms with Gasteiger partial charge in [-0.2, -0.15) is 10.2 Å². The largest absolute Gasteiger partial charge is 0.368 e. The molecule has 14 heteroatoms. The molecule has 232 valence electrons. The van der Waals surface area contributed by atoms with Gasteiger partial charge in [-0.05, 0) is 60.7 Å². The molecule has 3 aromatic carbocycles. The lowest BCUT2D eigenvalue weighted by molar-refractivity contribution is -0.188. The van der Waals surface area contributed by atoms with Crippen LogP contribution in [0.5, 0.6) is 0 Å². The van der Waals surface area contributed by atoms with Crippen molar-refractivity contribution in [2.45, 2.75) is 23.3 Å². The van der Waals surface area contributed by atoms with Gasteiger partial charge in [-0.1, -0.05) is 0 Å². The number of halogens is 2. The van der Waals surface area contributed by atoms with Crippen molar-refractivity contribution in [3.05, 3.63) is 113 Å². The van der Waals surface area contributed by atoms with Crippen LogP contribution in [0, 0.1) is 11.6 Å². The second kappa shape index (κ2) is 12.5. The van der Waals surface area contributed by atoms with Crippen molar-refractivity contribution in [2.75, 3.05) is 48.3 Å². The monoisotopic (exact) mass is 632 g/mol.